The number of hydrogen-bond acceptors (Lipinski definition) is 7. The van der Waals surface area contributed by atoms with Crippen molar-refractivity contribution in [2.75, 3.05) is 38.2 Å². The molecular formula is C19H23N5O3. The quantitative estimate of drug-likeness (QED) is 0.740. The number of aliphatic imine (C=N–C) groups is 1. The first-order valence-electron chi connectivity index (χ1n) is 9.13. The molecule has 0 bridgehead atoms. The van der Waals surface area contributed by atoms with Gasteiger partial charge >= 0.3 is 0 Å². The molecule has 0 aromatic heterocycles. The van der Waals surface area contributed by atoms with Crippen molar-refractivity contribution in [3.63, 3.8) is 0 Å². The number of guanidine groups is 1. The molecule has 3 aliphatic heterocycles. The Kier molecular flexibility index (Phi) is 4.97. The highest BCUT2D eigenvalue weighted by Gasteiger charge is 2.26. The maximum atomic E-state index is 12.5. The van der Waals surface area contributed by atoms with Gasteiger partial charge in [-0.25, -0.2) is 0 Å². The number of anilines is 1. The van der Waals surface area contributed by atoms with Gasteiger partial charge < -0.3 is 30.3 Å². The van der Waals surface area contributed by atoms with Gasteiger partial charge in [0.1, 0.15) is 6.17 Å². The summed E-state index contributed by atoms with van der Waals surface area (Å²) in [6, 6.07) is 7.39. The molecule has 0 saturated carbocycles. The van der Waals surface area contributed by atoms with Crippen molar-refractivity contribution in [3.05, 3.63) is 53.6 Å². The monoisotopic (exact) mass is 369 g/mol. The predicted molar refractivity (Wildman–Crippen MR) is 102 cm³/mol. The fourth-order valence-electron chi connectivity index (χ4n) is 3.17. The molecule has 1 amide bonds. The van der Waals surface area contributed by atoms with Crippen molar-refractivity contribution in [1.29, 1.82) is 0 Å². The van der Waals surface area contributed by atoms with Crippen LogP contribution in [0.2, 0.25) is 0 Å². The van der Waals surface area contributed by atoms with Crippen molar-refractivity contribution in [1.82, 2.24) is 15.5 Å². The molecule has 1 aromatic rings. The lowest BCUT2D eigenvalue weighted by Crippen LogP contribution is -2.47. The minimum atomic E-state index is -0.0614. The molecule has 1 unspecified atom stereocenters. The lowest BCUT2D eigenvalue weighted by molar-refractivity contribution is 0.0303. The Labute approximate surface area is 157 Å². The van der Waals surface area contributed by atoms with Crippen LogP contribution >= 0.6 is 0 Å². The number of amides is 1. The lowest BCUT2D eigenvalue weighted by atomic mass is 10.1. The number of ether oxygens (including phenoxy) is 2. The number of nitrogens with zero attached hydrogens (tertiary/aromatic N) is 2. The molecule has 142 valence electrons. The molecule has 0 radical (unpaired) electrons. The topological polar surface area (TPSA) is 87.2 Å². The van der Waals surface area contributed by atoms with Crippen LogP contribution in [0.4, 0.5) is 5.69 Å². The Balaban J connectivity index is 1.45. The first-order chi connectivity index (χ1) is 13.2. The zero-order valence-corrected chi connectivity index (χ0v) is 15.2. The smallest absolute Gasteiger partial charge is 0.254 e. The zero-order valence-electron chi connectivity index (χ0n) is 15.2. The van der Waals surface area contributed by atoms with Crippen LogP contribution in [0.25, 0.3) is 0 Å². The van der Waals surface area contributed by atoms with E-state index in [1.165, 1.54) is 0 Å². The lowest BCUT2D eigenvalue weighted by Gasteiger charge is -2.27. The molecule has 0 spiro atoms. The van der Waals surface area contributed by atoms with E-state index in [2.05, 4.69) is 20.9 Å². The van der Waals surface area contributed by atoms with Crippen LogP contribution in [0.15, 0.2) is 53.0 Å². The summed E-state index contributed by atoms with van der Waals surface area (Å²) >= 11 is 0. The van der Waals surface area contributed by atoms with E-state index in [0.29, 0.717) is 50.3 Å². The standard InChI is InChI=1S/C19H23N5O3/c1-2-27-17-15-7-8-20-16(15)22-19(23-17)21-14-5-3-13(4-6-14)18(25)24-9-11-26-12-10-24/h3-8,16,20H,2,9-12H2,1H3,(H2,21,22,23). The maximum Gasteiger partial charge on any atom is 0.254 e. The zero-order chi connectivity index (χ0) is 18.6. The van der Waals surface area contributed by atoms with Crippen LogP contribution in [0.5, 0.6) is 0 Å². The molecule has 8 heteroatoms. The molecule has 1 atom stereocenters. The summed E-state index contributed by atoms with van der Waals surface area (Å²) in [7, 11) is 0. The molecule has 1 fully saturated rings. The van der Waals surface area contributed by atoms with Gasteiger partial charge in [-0.15, -0.1) is 0 Å². The molecular weight excluding hydrogens is 346 g/mol. The second kappa shape index (κ2) is 7.71. The van der Waals surface area contributed by atoms with E-state index in [-0.39, 0.29) is 12.1 Å². The van der Waals surface area contributed by atoms with E-state index in [1.807, 2.05) is 48.4 Å². The van der Waals surface area contributed by atoms with Gasteiger partial charge in [-0.3, -0.25) is 4.79 Å². The number of morpholine rings is 1. The van der Waals surface area contributed by atoms with Crippen LogP contribution in [0.1, 0.15) is 17.3 Å². The third kappa shape index (κ3) is 3.75. The molecule has 1 saturated heterocycles. The van der Waals surface area contributed by atoms with Crippen LogP contribution in [-0.4, -0.2) is 55.8 Å². The van der Waals surface area contributed by atoms with Crippen molar-refractivity contribution >= 4 is 17.6 Å². The predicted octanol–water partition coefficient (Wildman–Crippen LogP) is 1.22. The van der Waals surface area contributed by atoms with E-state index in [0.717, 1.165) is 11.3 Å². The van der Waals surface area contributed by atoms with Crippen LogP contribution in [-0.2, 0) is 9.47 Å². The summed E-state index contributed by atoms with van der Waals surface area (Å²) in [6.45, 7) is 4.95. The van der Waals surface area contributed by atoms with Gasteiger partial charge in [0.05, 0.1) is 25.4 Å². The number of benzene rings is 1. The molecule has 8 nitrogen and oxygen atoms in total. The number of rotatable bonds is 4. The van der Waals surface area contributed by atoms with Gasteiger partial charge in [-0.05, 0) is 43.5 Å². The van der Waals surface area contributed by atoms with Crippen LogP contribution < -0.4 is 16.0 Å². The third-order valence-corrected chi connectivity index (χ3v) is 4.55. The fourth-order valence-corrected chi connectivity index (χ4v) is 3.17. The van der Waals surface area contributed by atoms with Gasteiger partial charge in [0.25, 0.3) is 5.91 Å². The molecule has 4 rings (SSSR count). The number of fused-ring (bicyclic) bond motifs is 1. The normalized spacial score (nSPS) is 21.1. The van der Waals surface area contributed by atoms with Crippen LogP contribution in [0, 0.1) is 0 Å². The van der Waals surface area contributed by atoms with E-state index in [4.69, 9.17) is 9.47 Å². The van der Waals surface area contributed by atoms with Crippen molar-refractivity contribution in [2.45, 2.75) is 13.1 Å². The van der Waals surface area contributed by atoms with Gasteiger partial charge in [-0.2, -0.15) is 4.99 Å². The van der Waals surface area contributed by atoms with Crippen molar-refractivity contribution in [2.24, 2.45) is 4.99 Å². The maximum absolute atomic E-state index is 12.5. The SMILES string of the molecule is CCOC1=C2C=CNC2NC(Nc2ccc(C(=O)N3CCOCC3)cc2)=N1. The summed E-state index contributed by atoms with van der Waals surface area (Å²) in [5.41, 5.74) is 2.48. The number of hydrogen-bond donors (Lipinski definition) is 3. The van der Waals surface area contributed by atoms with Gasteiger partial charge in [0.15, 0.2) is 0 Å². The number of carbonyl (C=O) groups is 1. The Morgan fingerprint density at radius 1 is 1.33 bits per heavy atom. The number of carbonyl (C=O) groups excluding carboxylic acids is 1. The largest absolute Gasteiger partial charge is 0.478 e. The fraction of sp³-hybridized carbons (Fsp3) is 0.368. The molecule has 3 heterocycles. The van der Waals surface area contributed by atoms with Gasteiger partial charge in [-0.1, -0.05) is 0 Å². The van der Waals surface area contributed by atoms with E-state index in [1.54, 1.807) is 0 Å². The first kappa shape index (κ1) is 17.4. The molecule has 3 N–H and O–H groups in total. The van der Waals surface area contributed by atoms with E-state index < -0.39 is 0 Å². The molecule has 0 aliphatic carbocycles. The minimum absolute atomic E-state index is 0.0328. The Morgan fingerprint density at radius 2 is 2.11 bits per heavy atom. The van der Waals surface area contributed by atoms with Gasteiger partial charge in [0.2, 0.25) is 11.8 Å². The van der Waals surface area contributed by atoms with E-state index in [9.17, 15) is 4.79 Å². The minimum Gasteiger partial charge on any atom is -0.478 e. The summed E-state index contributed by atoms with van der Waals surface area (Å²) in [5.74, 6) is 1.23. The van der Waals surface area contributed by atoms with E-state index >= 15 is 0 Å². The Bertz CT molecular complexity index is 794. The Morgan fingerprint density at radius 3 is 2.85 bits per heavy atom. The first-order valence-corrected chi connectivity index (χ1v) is 9.13. The average molecular weight is 369 g/mol. The summed E-state index contributed by atoms with van der Waals surface area (Å²) in [4.78, 5) is 18.8. The number of nitrogens with one attached hydrogen (secondary N) is 3. The molecule has 27 heavy (non-hydrogen) atoms. The second-order valence-corrected chi connectivity index (χ2v) is 6.34. The highest BCUT2D eigenvalue weighted by atomic mass is 16.5. The van der Waals surface area contributed by atoms with Crippen LogP contribution in [0.3, 0.4) is 0 Å². The van der Waals surface area contributed by atoms with Crippen molar-refractivity contribution < 1.29 is 14.3 Å². The Hall–Kier alpha value is -3.00. The highest BCUT2D eigenvalue weighted by molar-refractivity contribution is 5.97. The third-order valence-electron chi connectivity index (χ3n) is 4.55. The second-order valence-electron chi connectivity index (χ2n) is 6.34. The highest BCUT2D eigenvalue weighted by Crippen LogP contribution is 2.21. The van der Waals surface area contributed by atoms with Crippen molar-refractivity contribution in [3.8, 4) is 0 Å². The summed E-state index contributed by atoms with van der Waals surface area (Å²) < 4.78 is 10.9. The summed E-state index contributed by atoms with van der Waals surface area (Å²) in [6.07, 6.45) is 3.76. The molecule has 1 aromatic carbocycles. The molecule has 3 aliphatic rings. The summed E-state index contributed by atoms with van der Waals surface area (Å²) in [5, 5.41) is 9.73. The average Bonchev–Trinajstić information content (AvgIpc) is 3.18. The van der Waals surface area contributed by atoms with Gasteiger partial charge in [0, 0.05) is 24.3 Å².